The normalized spacial score (nSPS) is 21.1. The second-order valence-corrected chi connectivity index (χ2v) is 6.89. The second kappa shape index (κ2) is 5.48. The van der Waals surface area contributed by atoms with Crippen molar-refractivity contribution in [1.29, 1.82) is 0 Å². The highest BCUT2D eigenvalue weighted by Gasteiger charge is 2.33. The molecule has 1 aliphatic heterocycles. The number of nitrogens with two attached hydrogens (primary N) is 1. The first-order valence-corrected chi connectivity index (χ1v) is 7.94. The van der Waals surface area contributed by atoms with Crippen molar-refractivity contribution in [1.82, 2.24) is 4.98 Å². The van der Waals surface area contributed by atoms with E-state index in [1.165, 1.54) is 4.88 Å². The average Bonchev–Trinajstić information content (AvgIpc) is 2.87. The number of carbonyl (C=O) groups excluding carboxylic acids is 1. The van der Waals surface area contributed by atoms with Crippen molar-refractivity contribution < 1.29 is 4.79 Å². The number of aryl methyl sites for hydroxylation is 1. The Bertz CT molecular complexity index is 667. The molecule has 0 saturated carbocycles. The van der Waals surface area contributed by atoms with Crippen LogP contribution in [0.1, 0.15) is 34.7 Å². The maximum Gasteiger partial charge on any atom is 0.225 e. The molecule has 0 saturated heterocycles. The van der Waals surface area contributed by atoms with Gasteiger partial charge in [-0.05, 0) is 31.9 Å². The van der Waals surface area contributed by atoms with Crippen molar-refractivity contribution in [2.24, 2.45) is 5.73 Å². The molecule has 1 aromatic heterocycles. The molecule has 1 aromatic carbocycles. The van der Waals surface area contributed by atoms with Crippen LogP contribution in [0.25, 0.3) is 0 Å². The zero-order valence-electron chi connectivity index (χ0n) is 12.2. The summed E-state index contributed by atoms with van der Waals surface area (Å²) in [6, 6.07) is 8.36. The summed E-state index contributed by atoms with van der Waals surface area (Å²) in [6.45, 7) is 5.00. The number of anilines is 1. The smallest absolute Gasteiger partial charge is 0.225 e. The molecular weight excluding hydrogens is 282 g/mol. The fraction of sp³-hybridized carbons (Fsp3) is 0.375. The van der Waals surface area contributed by atoms with Crippen LogP contribution in [0.4, 0.5) is 5.69 Å². The Morgan fingerprint density at radius 1 is 1.48 bits per heavy atom. The van der Waals surface area contributed by atoms with Crippen molar-refractivity contribution in [2.45, 2.75) is 38.8 Å². The van der Waals surface area contributed by atoms with Crippen LogP contribution < -0.4 is 10.6 Å². The predicted octanol–water partition coefficient (Wildman–Crippen LogP) is 2.82. The molecule has 0 unspecified atom stereocenters. The highest BCUT2D eigenvalue weighted by atomic mass is 32.1. The zero-order valence-corrected chi connectivity index (χ0v) is 13.1. The number of aromatic nitrogens is 1. The average molecular weight is 301 g/mol. The first-order chi connectivity index (χ1) is 10.1. The third kappa shape index (κ3) is 2.65. The van der Waals surface area contributed by atoms with Crippen molar-refractivity contribution in [3.63, 3.8) is 0 Å². The molecule has 4 nitrogen and oxygen atoms in total. The Balaban J connectivity index is 1.97. The van der Waals surface area contributed by atoms with Crippen LogP contribution in [0, 0.1) is 6.92 Å². The molecule has 0 fully saturated rings. The number of carbonyl (C=O) groups is 1. The largest absolute Gasteiger partial charge is 0.369 e. The molecule has 2 atom stereocenters. The van der Waals surface area contributed by atoms with Crippen LogP contribution in [-0.2, 0) is 11.3 Å². The lowest BCUT2D eigenvalue weighted by atomic mass is 9.85. The topological polar surface area (TPSA) is 59.2 Å². The van der Waals surface area contributed by atoms with Crippen LogP contribution in [0.3, 0.4) is 0 Å². The van der Waals surface area contributed by atoms with E-state index in [-0.39, 0.29) is 17.9 Å². The minimum atomic E-state index is -0.234. The Morgan fingerprint density at radius 3 is 2.90 bits per heavy atom. The Labute approximate surface area is 128 Å². The van der Waals surface area contributed by atoms with Crippen LogP contribution in [0.15, 0.2) is 30.5 Å². The summed E-state index contributed by atoms with van der Waals surface area (Å²) < 4.78 is 0. The summed E-state index contributed by atoms with van der Waals surface area (Å²) in [6.07, 6.45) is 2.71. The van der Waals surface area contributed by atoms with Gasteiger partial charge in [0.1, 0.15) is 0 Å². The fourth-order valence-electron chi connectivity index (χ4n) is 3.03. The number of thiazole rings is 1. The van der Waals surface area contributed by atoms with Crippen molar-refractivity contribution in [3.05, 3.63) is 45.9 Å². The number of benzene rings is 1. The summed E-state index contributed by atoms with van der Waals surface area (Å²) in [4.78, 5) is 19.6. The molecule has 0 radical (unpaired) electrons. The van der Waals surface area contributed by atoms with E-state index in [0.717, 1.165) is 29.2 Å². The Hall–Kier alpha value is -1.88. The summed E-state index contributed by atoms with van der Waals surface area (Å²) in [5.74, 6) is -0.418. The van der Waals surface area contributed by atoms with Gasteiger partial charge in [-0.3, -0.25) is 4.79 Å². The maximum absolute atomic E-state index is 11.7. The lowest BCUT2D eigenvalue weighted by Gasteiger charge is -2.39. The molecule has 2 N–H and O–H groups in total. The molecule has 1 aliphatic rings. The quantitative estimate of drug-likeness (QED) is 0.948. The van der Waals surface area contributed by atoms with E-state index in [2.05, 4.69) is 22.9 Å². The van der Waals surface area contributed by atoms with Gasteiger partial charge >= 0.3 is 0 Å². The van der Waals surface area contributed by atoms with Crippen molar-refractivity contribution >= 4 is 22.9 Å². The van der Waals surface area contributed by atoms with Gasteiger partial charge in [0.2, 0.25) is 5.91 Å². The molecule has 1 amide bonds. The molecule has 0 aliphatic carbocycles. The number of primary amides is 1. The number of hydrogen-bond acceptors (Lipinski definition) is 4. The Morgan fingerprint density at radius 2 is 2.24 bits per heavy atom. The van der Waals surface area contributed by atoms with Gasteiger partial charge in [-0.2, -0.15) is 0 Å². The SMILES string of the molecule is Cc1ncc(CN2c3ccccc3[C@H](C(N)=O)C[C@@H]2C)s1. The van der Waals surface area contributed by atoms with Gasteiger partial charge in [-0.1, -0.05) is 18.2 Å². The van der Waals surface area contributed by atoms with Crippen molar-refractivity contribution in [2.75, 3.05) is 4.90 Å². The van der Waals surface area contributed by atoms with E-state index < -0.39 is 0 Å². The van der Waals surface area contributed by atoms with Gasteiger partial charge in [0.15, 0.2) is 0 Å². The molecule has 21 heavy (non-hydrogen) atoms. The molecule has 3 rings (SSSR count). The van der Waals surface area contributed by atoms with Gasteiger partial charge in [0.25, 0.3) is 0 Å². The fourth-order valence-corrected chi connectivity index (χ4v) is 3.83. The second-order valence-electron chi connectivity index (χ2n) is 5.57. The maximum atomic E-state index is 11.7. The van der Waals surface area contributed by atoms with E-state index in [4.69, 9.17) is 5.73 Å². The van der Waals surface area contributed by atoms with Crippen LogP contribution >= 0.6 is 11.3 Å². The summed E-state index contributed by atoms with van der Waals surface area (Å²) in [5.41, 5.74) is 7.74. The lowest BCUT2D eigenvalue weighted by molar-refractivity contribution is -0.119. The molecule has 0 spiro atoms. The molecule has 0 bridgehead atoms. The Kier molecular flexibility index (Phi) is 3.68. The minimum Gasteiger partial charge on any atom is -0.369 e. The number of rotatable bonds is 3. The van der Waals surface area contributed by atoms with E-state index in [1.807, 2.05) is 31.3 Å². The number of nitrogens with zero attached hydrogens (tertiary/aromatic N) is 2. The van der Waals surface area contributed by atoms with Crippen LogP contribution in [-0.4, -0.2) is 16.9 Å². The van der Waals surface area contributed by atoms with Crippen LogP contribution in [0.5, 0.6) is 0 Å². The monoisotopic (exact) mass is 301 g/mol. The van der Waals surface area contributed by atoms with Crippen LogP contribution in [0.2, 0.25) is 0 Å². The van der Waals surface area contributed by atoms with E-state index in [9.17, 15) is 4.79 Å². The third-order valence-corrected chi connectivity index (χ3v) is 4.97. The highest BCUT2D eigenvalue weighted by Crippen LogP contribution is 2.39. The number of fused-ring (bicyclic) bond motifs is 1. The number of amides is 1. The molecule has 110 valence electrons. The van der Waals surface area contributed by atoms with Gasteiger partial charge in [-0.25, -0.2) is 4.98 Å². The third-order valence-electron chi connectivity index (χ3n) is 4.07. The van der Waals surface area contributed by atoms with E-state index >= 15 is 0 Å². The standard InChI is InChI=1S/C16H19N3OS/c1-10-7-14(16(17)20)13-5-3-4-6-15(13)19(10)9-12-8-18-11(2)21-12/h3-6,8,10,14H,7,9H2,1-2H3,(H2,17,20)/t10-,14+/m0/s1. The molecule has 2 heterocycles. The van der Waals surface area contributed by atoms with Gasteiger partial charge in [-0.15, -0.1) is 11.3 Å². The molecule has 2 aromatic rings. The first-order valence-electron chi connectivity index (χ1n) is 7.12. The van der Waals surface area contributed by atoms with Crippen molar-refractivity contribution in [3.8, 4) is 0 Å². The van der Waals surface area contributed by atoms with Gasteiger partial charge in [0.05, 0.1) is 17.5 Å². The lowest BCUT2D eigenvalue weighted by Crippen LogP contribution is -2.41. The molecular formula is C16H19N3OS. The summed E-state index contributed by atoms with van der Waals surface area (Å²) >= 11 is 1.72. The van der Waals surface area contributed by atoms with E-state index in [1.54, 1.807) is 11.3 Å². The van der Waals surface area contributed by atoms with E-state index in [0.29, 0.717) is 0 Å². The predicted molar refractivity (Wildman–Crippen MR) is 85.5 cm³/mol. The highest BCUT2D eigenvalue weighted by molar-refractivity contribution is 7.11. The summed E-state index contributed by atoms with van der Waals surface area (Å²) in [7, 11) is 0. The minimum absolute atomic E-state index is 0.185. The van der Waals surface area contributed by atoms with Gasteiger partial charge in [0, 0.05) is 22.8 Å². The first kappa shape index (κ1) is 14.1. The summed E-state index contributed by atoms with van der Waals surface area (Å²) in [5, 5.41) is 1.08. The number of hydrogen-bond donors (Lipinski definition) is 1. The zero-order chi connectivity index (χ0) is 15.0. The number of para-hydroxylation sites is 1. The molecule has 5 heteroatoms. The van der Waals surface area contributed by atoms with Gasteiger partial charge < -0.3 is 10.6 Å².